The van der Waals surface area contributed by atoms with Gasteiger partial charge in [0.05, 0.1) is 6.10 Å². The van der Waals surface area contributed by atoms with Gasteiger partial charge in [0.15, 0.2) is 0 Å². The maximum absolute atomic E-state index is 10.2. The molecule has 0 bridgehead atoms. The SMILES string of the molecule is CCCC(O)C(CC)N1CCC(C)C(C)C1. The average Bonchev–Trinajstić information content (AvgIpc) is 2.25. The molecule has 0 radical (unpaired) electrons. The molecular weight excluding hydrogens is 198 g/mol. The Labute approximate surface area is 101 Å². The molecule has 0 amide bonds. The first-order valence-corrected chi connectivity index (χ1v) is 7.02. The van der Waals surface area contributed by atoms with Gasteiger partial charge in [-0.25, -0.2) is 0 Å². The third kappa shape index (κ3) is 3.46. The van der Waals surface area contributed by atoms with Crippen LogP contribution in [0.5, 0.6) is 0 Å². The third-order valence-electron chi connectivity index (χ3n) is 4.28. The van der Waals surface area contributed by atoms with E-state index in [9.17, 15) is 5.11 Å². The molecule has 1 fully saturated rings. The molecule has 4 atom stereocenters. The van der Waals surface area contributed by atoms with E-state index in [2.05, 4.69) is 32.6 Å². The van der Waals surface area contributed by atoms with Gasteiger partial charge in [0.1, 0.15) is 0 Å². The molecule has 1 N–H and O–H groups in total. The van der Waals surface area contributed by atoms with Crippen molar-refractivity contribution in [3.63, 3.8) is 0 Å². The molecule has 1 heterocycles. The summed E-state index contributed by atoms with van der Waals surface area (Å²) in [5, 5.41) is 10.2. The van der Waals surface area contributed by atoms with Crippen molar-refractivity contribution >= 4 is 0 Å². The molecular formula is C14H29NO. The summed E-state index contributed by atoms with van der Waals surface area (Å²) >= 11 is 0. The predicted molar refractivity (Wildman–Crippen MR) is 69.5 cm³/mol. The van der Waals surface area contributed by atoms with E-state index >= 15 is 0 Å². The highest BCUT2D eigenvalue weighted by Gasteiger charge is 2.30. The summed E-state index contributed by atoms with van der Waals surface area (Å²) in [6.07, 6.45) is 4.26. The van der Waals surface area contributed by atoms with E-state index < -0.39 is 0 Å². The summed E-state index contributed by atoms with van der Waals surface area (Å²) in [6.45, 7) is 11.4. The number of piperidine rings is 1. The van der Waals surface area contributed by atoms with E-state index in [0.29, 0.717) is 6.04 Å². The van der Waals surface area contributed by atoms with Crippen molar-refractivity contribution in [1.29, 1.82) is 0 Å². The lowest BCUT2D eigenvalue weighted by atomic mass is 9.87. The van der Waals surface area contributed by atoms with E-state index in [1.54, 1.807) is 0 Å². The molecule has 16 heavy (non-hydrogen) atoms. The van der Waals surface area contributed by atoms with Gasteiger partial charge in [0.25, 0.3) is 0 Å². The van der Waals surface area contributed by atoms with Crippen molar-refractivity contribution in [2.75, 3.05) is 13.1 Å². The van der Waals surface area contributed by atoms with Crippen molar-refractivity contribution < 1.29 is 5.11 Å². The molecule has 0 spiro atoms. The van der Waals surface area contributed by atoms with Gasteiger partial charge in [-0.2, -0.15) is 0 Å². The van der Waals surface area contributed by atoms with Crippen LogP contribution in [0.1, 0.15) is 53.4 Å². The first kappa shape index (κ1) is 14.0. The van der Waals surface area contributed by atoms with Crippen LogP contribution in [-0.2, 0) is 0 Å². The van der Waals surface area contributed by atoms with Crippen molar-refractivity contribution in [3.8, 4) is 0 Å². The van der Waals surface area contributed by atoms with E-state index in [1.165, 1.54) is 19.5 Å². The Kier molecular flexibility index (Phi) is 5.77. The Morgan fingerprint density at radius 1 is 1.25 bits per heavy atom. The molecule has 1 aliphatic rings. The Morgan fingerprint density at radius 2 is 1.94 bits per heavy atom. The van der Waals surface area contributed by atoms with Gasteiger partial charge in [-0.1, -0.05) is 34.1 Å². The van der Waals surface area contributed by atoms with Crippen LogP contribution in [0.15, 0.2) is 0 Å². The van der Waals surface area contributed by atoms with Crippen LogP contribution in [-0.4, -0.2) is 35.2 Å². The van der Waals surface area contributed by atoms with Gasteiger partial charge in [-0.05, 0) is 37.6 Å². The van der Waals surface area contributed by atoms with Gasteiger partial charge < -0.3 is 5.11 Å². The fourth-order valence-electron chi connectivity index (χ4n) is 2.86. The number of aliphatic hydroxyl groups is 1. The minimum atomic E-state index is -0.129. The van der Waals surface area contributed by atoms with Crippen LogP contribution in [0.3, 0.4) is 0 Å². The summed E-state index contributed by atoms with van der Waals surface area (Å²) in [6, 6.07) is 0.384. The second kappa shape index (κ2) is 6.61. The van der Waals surface area contributed by atoms with Crippen LogP contribution < -0.4 is 0 Å². The average molecular weight is 227 g/mol. The largest absolute Gasteiger partial charge is 0.391 e. The van der Waals surface area contributed by atoms with Crippen molar-refractivity contribution in [2.24, 2.45) is 11.8 Å². The van der Waals surface area contributed by atoms with E-state index in [1.807, 2.05) is 0 Å². The lowest BCUT2D eigenvalue weighted by molar-refractivity contribution is 0.00881. The molecule has 0 aliphatic carbocycles. The number of aliphatic hydroxyl groups excluding tert-OH is 1. The number of hydrogen-bond donors (Lipinski definition) is 1. The number of hydrogen-bond acceptors (Lipinski definition) is 2. The summed E-state index contributed by atoms with van der Waals surface area (Å²) in [5.41, 5.74) is 0. The molecule has 1 aliphatic heterocycles. The molecule has 2 nitrogen and oxygen atoms in total. The second-order valence-electron chi connectivity index (χ2n) is 5.57. The van der Waals surface area contributed by atoms with Gasteiger partial charge in [-0.3, -0.25) is 4.90 Å². The first-order chi connectivity index (χ1) is 7.60. The van der Waals surface area contributed by atoms with Crippen LogP contribution in [0.2, 0.25) is 0 Å². The summed E-state index contributed by atoms with van der Waals surface area (Å²) in [4.78, 5) is 2.52. The monoisotopic (exact) mass is 227 g/mol. The number of nitrogens with zero attached hydrogens (tertiary/aromatic N) is 1. The summed E-state index contributed by atoms with van der Waals surface area (Å²) in [5.74, 6) is 1.62. The quantitative estimate of drug-likeness (QED) is 0.780. The maximum Gasteiger partial charge on any atom is 0.0695 e. The normalized spacial score (nSPS) is 31.3. The molecule has 1 rings (SSSR count). The Morgan fingerprint density at radius 3 is 2.44 bits per heavy atom. The van der Waals surface area contributed by atoms with Crippen molar-refractivity contribution in [2.45, 2.75) is 65.5 Å². The molecule has 4 unspecified atom stereocenters. The van der Waals surface area contributed by atoms with E-state index in [4.69, 9.17) is 0 Å². The zero-order valence-electron chi connectivity index (χ0n) is 11.4. The molecule has 0 aromatic heterocycles. The van der Waals surface area contributed by atoms with Gasteiger partial charge in [-0.15, -0.1) is 0 Å². The van der Waals surface area contributed by atoms with Crippen molar-refractivity contribution in [1.82, 2.24) is 4.90 Å². The highest BCUT2D eigenvalue weighted by molar-refractivity contribution is 4.83. The summed E-state index contributed by atoms with van der Waals surface area (Å²) in [7, 11) is 0. The fourth-order valence-corrected chi connectivity index (χ4v) is 2.86. The highest BCUT2D eigenvalue weighted by Crippen LogP contribution is 2.26. The van der Waals surface area contributed by atoms with Crippen LogP contribution in [0.25, 0.3) is 0 Å². The van der Waals surface area contributed by atoms with Gasteiger partial charge in [0.2, 0.25) is 0 Å². The minimum Gasteiger partial charge on any atom is -0.391 e. The molecule has 0 saturated carbocycles. The minimum absolute atomic E-state index is 0.129. The predicted octanol–water partition coefficient (Wildman–Crippen LogP) is 2.90. The summed E-state index contributed by atoms with van der Waals surface area (Å²) < 4.78 is 0. The Bertz CT molecular complexity index is 195. The van der Waals surface area contributed by atoms with Gasteiger partial charge in [0, 0.05) is 12.6 Å². The van der Waals surface area contributed by atoms with E-state index in [-0.39, 0.29) is 6.10 Å². The second-order valence-corrected chi connectivity index (χ2v) is 5.57. The molecule has 1 saturated heterocycles. The fraction of sp³-hybridized carbons (Fsp3) is 1.00. The number of likely N-dealkylation sites (tertiary alicyclic amines) is 1. The lowest BCUT2D eigenvalue weighted by Crippen LogP contribution is -2.49. The zero-order chi connectivity index (χ0) is 12.1. The third-order valence-corrected chi connectivity index (χ3v) is 4.28. The van der Waals surface area contributed by atoms with Crippen LogP contribution in [0, 0.1) is 11.8 Å². The zero-order valence-corrected chi connectivity index (χ0v) is 11.4. The molecule has 0 aromatic carbocycles. The van der Waals surface area contributed by atoms with Crippen LogP contribution >= 0.6 is 0 Å². The van der Waals surface area contributed by atoms with E-state index in [0.717, 1.165) is 31.1 Å². The Hall–Kier alpha value is -0.0800. The first-order valence-electron chi connectivity index (χ1n) is 7.02. The smallest absolute Gasteiger partial charge is 0.0695 e. The Balaban J connectivity index is 2.53. The van der Waals surface area contributed by atoms with Crippen LogP contribution in [0.4, 0.5) is 0 Å². The topological polar surface area (TPSA) is 23.5 Å². The maximum atomic E-state index is 10.2. The highest BCUT2D eigenvalue weighted by atomic mass is 16.3. The van der Waals surface area contributed by atoms with Gasteiger partial charge >= 0.3 is 0 Å². The standard InChI is InChI=1S/C14H29NO/c1-5-7-14(16)13(6-2)15-9-8-11(3)12(4)10-15/h11-14,16H,5-10H2,1-4H3. The molecule has 0 aromatic rings. The lowest BCUT2D eigenvalue weighted by Gasteiger charge is -2.41. The van der Waals surface area contributed by atoms with Crippen molar-refractivity contribution in [3.05, 3.63) is 0 Å². The molecule has 2 heteroatoms. The molecule has 96 valence electrons. The number of rotatable bonds is 5.